The zero-order valence-electron chi connectivity index (χ0n) is 10.9. The highest BCUT2D eigenvalue weighted by molar-refractivity contribution is 5.53. The molecule has 8 nitrogen and oxygen atoms in total. The minimum Gasteiger partial charge on any atom is -0.354 e. The zero-order valence-corrected chi connectivity index (χ0v) is 10.9. The second-order valence-corrected chi connectivity index (χ2v) is 3.94. The van der Waals surface area contributed by atoms with Gasteiger partial charge >= 0.3 is 5.69 Å². The number of anilines is 1. The maximum absolute atomic E-state index is 11.2. The topological polar surface area (TPSA) is 98.8 Å². The first-order chi connectivity index (χ1) is 9.04. The van der Waals surface area contributed by atoms with Crippen molar-refractivity contribution in [1.82, 2.24) is 19.5 Å². The normalized spacial score (nSPS) is 10.5. The molecule has 0 bridgehead atoms. The quantitative estimate of drug-likeness (QED) is 0.664. The van der Waals surface area contributed by atoms with Crippen LogP contribution < -0.4 is 5.32 Å². The molecule has 0 saturated carbocycles. The lowest BCUT2D eigenvalue weighted by Gasteiger charge is -2.09. The summed E-state index contributed by atoms with van der Waals surface area (Å²) in [6.45, 7) is 5.90. The molecule has 2 heterocycles. The van der Waals surface area contributed by atoms with Crippen molar-refractivity contribution in [3.63, 3.8) is 0 Å². The van der Waals surface area contributed by atoms with E-state index in [-0.39, 0.29) is 11.5 Å². The molecule has 8 heteroatoms. The van der Waals surface area contributed by atoms with Crippen LogP contribution in [0.1, 0.15) is 18.4 Å². The van der Waals surface area contributed by atoms with E-state index in [1.807, 2.05) is 6.92 Å². The second-order valence-electron chi connectivity index (χ2n) is 3.94. The van der Waals surface area contributed by atoms with E-state index < -0.39 is 4.92 Å². The number of aromatic nitrogens is 4. The van der Waals surface area contributed by atoms with Crippen LogP contribution in [0.5, 0.6) is 0 Å². The molecule has 100 valence electrons. The fraction of sp³-hybridized carbons (Fsp3) is 0.364. The summed E-state index contributed by atoms with van der Waals surface area (Å²) in [5.41, 5.74) is 0.210. The van der Waals surface area contributed by atoms with Gasteiger partial charge in [-0.05, 0) is 20.8 Å². The SMILES string of the molecule is CCNc1nc(C)c([N+](=O)[O-])c(-n2ccnc2C)n1. The smallest absolute Gasteiger partial charge is 0.333 e. The van der Waals surface area contributed by atoms with Crippen LogP contribution in [0.4, 0.5) is 11.6 Å². The van der Waals surface area contributed by atoms with E-state index in [2.05, 4.69) is 20.3 Å². The van der Waals surface area contributed by atoms with Gasteiger partial charge in [-0.15, -0.1) is 0 Å². The van der Waals surface area contributed by atoms with Crippen LogP contribution in [0.3, 0.4) is 0 Å². The van der Waals surface area contributed by atoms with Crippen LogP contribution in [0.25, 0.3) is 5.82 Å². The molecule has 0 aliphatic heterocycles. The van der Waals surface area contributed by atoms with E-state index in [0.29, 0.717) is 24.0 Å². The maximum Gasteiger partial charge on any atom is 0.333 e. The van der Waals surface area contributed by atoms with Gasteiger partial charge in [0.25, 0.3) is 0 Å². The second kappa shape index (κ2) is 5.01. The minimum absolute atomic E-state index is 0.109. The van der Waals surface area contributed by atoms with Crippen LogP contribution in [-0.4, -0.2) is 31.0 Å². The molecular formula is C11H14N6O2. The predicted molar refractivity (Wildman–Crippen MR) is 69.4 cm³/mol. The Morgan fingerprint density at radius 2 is 2.16 bits per heavy atom. The van der Waals surface area contributed by atoms with Gasteiger partial charge in [-0.1, -0.05) is 0 Å². The fourth-order valence-electron chi connectivity index (χ4n) is 1.77. The van der Waals surface area contributed by atoms with Crippen molar-refractivity contribution in [3.05, 3.63) is 34.0 Å². The van der Waals surface area contributed by atoms with E-state index in [1.54, 1.807) is 30.8 Å². The number of nitrogens with zero attached hydrogens (tertiary/aromatic N) is 5. The molecule has 1 N–H and O–H groups in total. The first-order valence-corrected chi connectivity index (χ1v) is 5.81. The minimum atomic E-state index is -0.472. The number of hydrogen-bond acceptors (Lipinski definition) is 6. The summed E-state index contributed by atoms with van der Waals surface area (Å²) in [5, 5.41) is 14.1. The maximum atomic E-state index is 11.2. The van der Waals surface area contributed by atoms with Crippen molar-refractivity contribution in [2.24, 2.45) is 0 Å². The van der Waals surface area contributed by atoms with Crippen LogP contribution in [0, 0.1) is 24.0 Å². The molecule has 0 amide bonds. The Labute approximate surface area is 109 Å². The summed E-state index contributed by atoms with van der Waals surface area (Å²) in [5.74, 6) is 1.22. The Morgan fingerprint density at radius 1 is 1.42 bits per heavy atom. The highest BCUT2D eigenvalue weighted by Gasteiger charge is 2.24. The third-order valence-electron chi connectivity index (χ3n) is 2.61. The molecule has 0 spiro atoms. The molecule has 0 radical (unpaired) electrons. The third kappa shape index (κ3) is 2.37. The Kier molecular flexibility index (Phi) is 3.41. The van der Waals surface area contributed by atoms with Crippen molar-refractivity contribution in [2.75, 3.05) is 11.9 Å². The van der Waals surface area contributed by atoms with Crippen molar-refractivity contribution in [1.29, 1.82) is 0 Å². The average molecular weight is 262 g/mol. The van der Waals surface area contributed by atoms with Crippen molar-refractivity contribution in [2.45, 2.75) is 20.8 Å². The predicted octanol–water partition coefficient (Wildman–Crippen LogP) is 1.62. The Balaban J connectivity index is 2.68. The van der Waals surface area contributed by atoms with E-state index in [0.717, 1.165) is 0 Å². The molecule has 0 aliphatic rings. The fourth-order valence-corrected chi connectivity index (χ4v) is 1.77. The van der Waals surface area contributed by atoms with Crippen LogP contribution >= 0.6 is 0 Å². The van der Waals surface area contributed by atoms with Gasteiger partial charge in [-0.3, -0.25) is 14.7 Å². The van der Waals surface area contributed by atoms with E-state index in [1.165, 1.54) is 0 Å². The van der Waals surface area contributed by atoms with Gasteiger partial charge in [0.15, 0.2) is 0 Å². The Hall–Kier alpha value is -2.51. The molecule has 0 aliphatic carbocycles. The van der Waals surface area contributed by atoms with E-state index >= 15 is 0 Å². The average Bonchev–Trinajstić information content (AvgIpc) is 2.74. The number of nitro groups is 1. The molecule has 19 heavy (non-hydrogen) atoms. The highest BCUT2D eigenvalue weighted by atomic mass is 16.6. The van der Waals surface area contributed by atoms with Gasteiger partial charge in [0.05, 0.1) is 4.92 Å². The van der Waals surface area contributed by atoms with E-state index in [4.69, 9.17) is 0 Å². The van der Waals surface area contributed by atoms with Gasteiger partial charge in [-0.25, -0.2) is 9.97 Å². The highest BCUT2D eigenvalue weighted by Crippen LogP contribution is 2.25. The Bertz CT molecular complexity index is 622. The van der Waals surface area contributed by atoms with Gasteiger partial charge in [0.2, 0.25) is 11.8 Å². The number of aryl methyl sites for hydroxylation is 2. The van der Waals surface area contributed by atoms with Gasteiger partial charge < -0.3 is 5.32 Å². The molecule has 0 aromatic carbocycles. The van der Waals surface area contributed by atoms with Crippen LogP contribution in [-0.2, 0) is 0 Å². The largest absolute Gasteiger partial charge is 0.354 e. The van der Waals surface area contributed by atoms with Crippen LogP contribution in [0.15, 0.2) is 12.4 Å². The first-order valence-electron chi connectivity index (χ1n) is 5.81. The summed E-state index contributed by atoms with van der Waals surface area (Å²) in [6.07, 6.45) is 3.21. The number of nitrogens with one attached hydrogen (secondary N) is 1. The van der Waals surface area contributed by atoms with Crippen molar-refractivity contribution >= 4 is 11.6 Å². The Morgan fingerprint density at radius 3 is 2.68 bits per heavy atom. The monoisotopic (exact) mass is 262 g/mol. The van der Waals surface area contributed by atoms with Crippen LogP contribution in [0.2, 0.25) is 0 Å². The van der Waals surface area contributed by atoms with Gasteiger partial charge in [0.1, 0.15) is 11.5 Å². The molecule has 2 aromatic heterocycles. The molecule has 0 unspecified atom stereocenters. The summed E-state index contributed by atoms with van der Waals surface area (Å²) in [6, 6.07) is 0. The summed E-state index contributed by atoms with van der Waals surface area (Å²) >= 11 is 0. The number of imidazole rings is 1. The summed E-state index contributed by atoms with van der Waals surface area (Å²) in [4.78, 5) is 23.1. The van der Waals surface area contributed by atoms with Gasteiger partial charge in [0, 0.05) is 18.9 Å². The van der Waals surface area contributed by atoms with Crippen molar-refractivity contribution < 1.29 is 4.92 Å². The van der Waals surface area contributed by atoms with E-state index in [9.17, 15) is 10.1 Å². The first kappa shape index (κ1) is 12.9. The van der Waals surface area contributed by atoms with Gasteiger partial charge in [-0.2, -0.15) is 4.98 Å². The molecular weight excluding hydrogens is 248 g/mol. The molecule has 2 rings (SSSR count). The standard InChI is InChI=1S/C11H14N6O2/c1-4-12-11-14-7(2)9(17(18)19)10(15-11)16-6-5-13-8(16)3/h5-6H,4H2,1-3H3,(H,12,14,15). The number of hydrogen-bond donors (Lipinski definition) is 1. The lowest BCUT2D eigenvalue weighted by atomic mass is 10.3. The zero-order chi connectivity index (χ0) is 14.0. The summed E-state index contributed by atoms with van der Waals surface area (Å²) < 4.78 is 1.58. The molecule has 0 saturated heterocycles. The lowest BCUT2D eigenvalue weighted by molar-refractivity contribution is -0.385. The molecule has 0 fully saturated rings. The summed E-state index contributed by atoms with van der Waals surface area (Å²) in [7, 11) is 0. The third-order valence-corrected chi connectivity index (χ3v) is 2.61. The molecule has 2 aromatic rings. The molecule has 0 atom stereocenters. The van der Waals surface area contributed by atoms with Crippen molar-refractivity contribution in [3.8, 4) is 5.82 Å². The number of rotatable bonds is 4. The lowest BCUT2D eigenvalue weighted by Crippen LogP contribution is -2.11.